The largest absolute Gasteiger partial charge is 0.507 e. The van der Waals surface area contributed by atoms with Crippen LogP contribution in [0.2, 0.25) is 0 Å². The zero-order valence-electron chi connectivity index (χ0n) is 15.2. The van der Waals surface area contributed by atoms with Crippen molar-refractivity contribution in [3.63, 3.8) is 0 Å². The number of quaternary nitrogens is 1. The van der Waals surface area contributed by atoms with Gasteiger partial charge < -0.3 is 20.1 Å². The Labute approximate surface area is 150 Å². The fourth-order valence-corrected chi connectivity index (χ4v) is 3.72. The van der Waals surface area contributed by atoms with Gasteiger partial charge in [-0.25, -0.2) is 0 Å². The van der Waals surface area contributed by atoms with Crippen LogP contribution < -0.4 is 15.0 Å². The molecule has 1 saturated heterocycles. The predicted molar refractivity (Wildman–Crippen MR) is 97.4 cm³/mol. The third kappa shape index (κ3) is 5.40. The molecule has 1 aromatic rings. The van der Waals surface area contributed by atoms with Crippen LogP contribution in [0, 0.1) is 24.2 Å². The minimum atomic E-state index is 0.0534. The first-order valence-corrected chi connectivity index (χ1v) is 8.97. The summed E-state index contributed by atoms with van der Waals surface area (Å²) in [5.74, 6) is 4.37. The number of methoxy groups -OCH3 is 1. The van der Waals surface area contributed by atoms with Crippen molar-refractivity contribution >= 4 is 5.91 Å². The number of piperidine rings is 1. The summed E-state index contributed by atoms with van der Waals surface area (Å²) in [7, 11) is 1.59. The van der Waals surface area contributed by atoms with Crippen molar-refractivity contribution in [2.24, 2.45) is 11.8 Å². The molecule has 1 fully saturated rings. The van der Waals surface area contributed by atoms with E-state index in [1.807, 2.05) is 12.1 Å². The van der Waals surface area contributed by atoms with E-state index in [1.54, 1.807) is 13.2 Å². The molecule has 0 saturated carbocycles. The van der Waals surface area contributed by atoms with Crippen molar-refractivity contribution in [2.75, 3.05) is 26.7 Å². The molecule has 1 aromatic carbocycles. The van der Waals surface area contributed by atoms with Gasteiger partial charge in [0.25, 0.3) is 0 Å². The van der Waals surface area contributed by atoms with Crippen LogP contribution in [0.15, 0.2) is 18.2 Å². The van der Waals surface area contributed by atoms with Crippen molar-refractivity contribution in [3.05, 3.63) is 23.8 Å². The second kappa shape index (κ2) is 9.33. The summed E-state index contributed by atoms with van der Waals surface area (Å²) in [6, 6.07) is 5.48. The van der Waals surface area contributed by atoms with Gasteiger partial charge >= 0.3 is 0 Å². The molecule has 1 unspecified atom stereocenters. The third-order valence-corrected chi connectivity index (χ3v) is 5.18. The first kappa shape index (κ1) is 19.1. The van der Waals surface area contributed by atoms with Crippen LogP contribution in [0.5, 0.6) is 11.5 Å². The molecular weight excluding hydrogens is 316 g/mol. The van der Waals surface area contributed by atoms with E-state index in [0.29, 0.717) is 30.6 Å². The van der Waals surface area contributed by atoms with Crippen molar-refractivity contribution in [2.45, 2.75) is 32.7 Å². The van der Waals surface area contributed by atoms with Gasteiger partial charge in [-0.1, -0.05) is 12.8 Å². The average Bonchev–Trinajstić information content (AvgIpc) is 2.62. The summed E-state index contributed by atoms with van der Waals surface area (Å²) in [6.07, 6.45) is 7.83. The van der Waals surface area contributed by atoms with Crippen molar-refractivity contribution in [1.82, 2.24) is 5.32 Å². The maximum Gasteiger partial charge on any atom is 0.221 e. The summed E-state index contributed by atoms with van der Waals surface area (Å²) in [5.41, 5.74) is 0.941. The van der Waals surface area contributed by atoms with Gasteiger partial charge in [0.15, 0.2) is 0 Å². The van der Waals surface area contributed by atoms with Gasteiger partial charge in [-0.05, 0) is 24.5 Å². The highest BCUT2D eigenvalue weighted by Gasteiger charge is 2.32. The molecule has 0 radical (unpaired) electrons. The molecule has 0 aliphatic carbocycles. The van der Waals surface area contributed by atoms with Crippen LogP contribution in [-0.4, -0.2) is 37.8 Å². The number of likely N-dealkylation sites (tertiary alicyclic amines) is 1. The lowest BCUT2D eigenvalue weighted by Crippen LogP contribution is -3.12. The quantitative estimate of drug-likeness (QED) is 0.646. The van der Waals surface area contributed by atoms with Gasteiger partial charge in [0.05, 0.1) is 26.7 Å². The number of carbonyl (C=O) groups excluding carboxylic acids is 1. The minimum Gasteiger partial charge on any atom is -0.507 e. The Morgan fingerprint density at radius 3 is 2.92 bits per heavy atom. The Bertz CT molecular complexity index is 624. The molecule has 1 aliphatic rings. The highest BCUT2D eigenvalue weighted by molar-refractivity contribution is 5.76. The minimum absolute atomic E-state index is 0.0534. The van der Waals surface area contributed by atoms with E-state index in [4.69, 9.17) is 11.2 Å². The molecule has 0 spiro atoms. The number of rotatable bonds is 7. The second-order valence-electron chi connectivity index (χ2n) is 6.78. The molecule has 2 rings (SSSR count). The van der Waals surface area contributed by atoms with Gasteiger partial charge in [0, 0.05) is 30.4 Å². The first-order chi connectivity index (χ1) is 12.1. The average molecular weight is 345 g/mol. The van der Waals surface area contributed by atoms with E-state index >= 15 is 0 Å². The maximum atomic E-state index is 12.0. The number of ether oxygens (including phenoxy) is 1. The van der Waals surface area contributed by atoms with Crippen LogP contribution in [0.3, 0.4) is 0 Å². The highest BCUT2D eigenvalue weighted by atomic mass is 16.5. The van der Waals surface area contributed by atoms with Crippen LogP contribution in [0.1, 0.15) is 31.7 Å². The monoisotopic (exact) mass is 345 g/mol. The van der Waals surface area contributed by atoms with Gasteiger partial charge in [0.1, 0.15) is 18.0 Å². The van der Waals surface area contributed by atoms with Gasteiger partial charge in [0.2, 0.25) is 5.91 Å². The predicted octanol–water partition coefficient (Wildman–Crippen LogP) is 0.971. The lowest BCUT2D eigenvalue weighted by Gasteiger charge is -2.35. The Kier molecular flexibility index (Phi) is 7.15. The fraction of sp³-hybridized carbons (Fsp3) is 0.550. The summed E-state index contributed by atoms with van der Waals surface area (Å²) in [4.78, 5) is 13.4. The molecule has 3 atom stereocenters. The van der Waals surface area contributed by atoms with Gasteiger partial charge in [-0.2, -0.15) is 0 Å². The number of phenols is 1. The molecule has 25 heavy (non-hydrogen) atoms. The number of benzene rings is 1. The van der Waals surface area contributed by atoms with Crippen LogP contribution in [0.4, 0.5) is 0 Å². The summed E-state index contributed by atoms with van der Waals surface area (Å²) >= 11 is 0. The standard InChI is InChI=1S/C20H28N2O3/c1-4-9-21-20(24)11-16-8-10-22(13-15(16)5-2)14-17-6-7-18(25-3)12-19(17)23/h1,6-7,12,15-16,23H,5,8-11,13-14H2,2-3H3,(H,21,24)/p+1/t15-,16-/m0/s1. The lowest BCUT2D eigenvalue weighted by molar-refractivity contribution is -0.923. The lowest BCUT2D eigenvalue weighted by atomic mass is 9.81. The molecule has 136 valence electrons. The maximum absolute atomic E-state index is 12.0. The van der Waals surface area contributed by atoms with Crippen molar-refractivity contribution in [3.8, 4) is 23.8 Å². The van der Waals surface area contributed by atoms with E-state index in [1.165, 1.54) is 4.90 Å². The smallest absolute Gasteiger partial charge is 0.221 e. The van der Waals surface area contributed by atoms with Gasteiger partial charge in [-0.3, -0.25) is 4.79 Å². The number of phenolic OH excluding ortho intramolecular Hbond substituents is 1. The first-order valence-electron chi connectivity index (χ1n) is 8.97. The molecule has 5 heteroatoms. The van der Waals surface area contributed by atoms with Gasteiger partial charge in [-0.15, -0.1) is 6.42 Å². The van der Waals surface area contributed by atoms with Crippen LogP contribution >= 0.6 is 0 Å². The Morgan fingerprint density at radius 2 is 2.28 bits per heavy atom. The van der Waals surface area contributed by atoms with E-state index in [0.717, 1.165) is 38.0 Å². The second-order valence-corrected chi connectivity index (χ2v) is 6.78. The molecule has 1 amide bonds. The Morgan fingerprint density at radius 1 is 1.48 bits per heavy atom. The molecule has 0 bridgehead atoms. The number of amides is 1. The zero-order chi connectivity index (χ0) is 18.2. The Hall–Kier alpha value is -2.19. The number of hydrogen-bond acceptors (Lipinski definition) is 3. The molecule has 3 N–H and O–H groups in total. The van der Waals surface area contributed by atoms with Crippen LogP contribution in [0.25, 0.3) is 0 Å². The molecule has 1 aliphatic heterocycles. The molecule has 5 nitrogen and oxygen atoms in total. The van der Waals surface area contributed by atoms with E-state index in [-0.39, 0.29) is 11.7 Å². The summed E-state index contributed by atoms with van der Waals surface area (Å²) in [5, 5.41) is 12.9. The fourth-order valence-electron chi connectivity index (χ4n) is 3.72. The molecular formula is C20H29N2O3+. The van der Waals surface area contributed by atoms with E-state index in [2.05, 4.69) is 18.2 Å². The van der Waals surface area contributed by atoms with E-state index in [9.17, 15) is 9.90 Å². The SMILES string of the molecule is C#CCNC(=O)C[C@@H]1CC[NH+](Cc2ccc(OC)cc2O)C[C@@H]1CC. The third-order valence-electron chi connectivity index (χ3n) is 5.18. The van der Waals surface area contributed by atoms with E-state index < -0.39 is 0 Å². The number of terminal acetylenes is 1. The molecule has 1 heterocycles. The Balaban J connectivity index is 1.92. The molecule has 0 aromatic heterocycles. The summed E-state index contributed by atoms with van der Waals surface area (Å²) in [6.45, 7) is 5.31. The van der Waals surface area contributed by atoms with Crippen LogP contribution in [-0.2, 0) is 11.3 Å². The van der Waals surface area contributed by atoms with Crippen molar-refractivity contribution in [1.29, 1.82) is 0 Å². The number of nitrogens with one attached hydrogen (secondary N) is 2. The zero-order valence-corrected chi connectivity index (χ0v) is 15.2. The summed E-state index contributed by atoms with van der Waals surface area (Å²) < 4.78 is 5.14. The van der Waals surface area contributed by atoms with Crippen molar-refractivity contribution < 1.29 is 19.5 Å². The topological polar surface area (TPSA) is 63.0 Å². The normalized spacial score (nSPS) is 22.8. The number of aromatic hydroxyl groups is 1. The number of hydrogen-bond donors (Lipinski definition) is 3. The highest BCUT2D eigenvalue weighted by Crippen LogP contribution is 2.25. The number of carbonyl (C=O) groups is 1.